The molecule has 0 aliphatic heterocycles. The summed E-state index contributed by atoms with van der Waals surface area (Å²) >= 11 is 0. The molecule has 2 N–H and O–H groups in total. The summed E-state index contributed by atoms with van der Waals surface area (Å²) in [6.45, 7) is 11.2. The fourth-order valence-electron chi connectivity index (χ4n) is 2.65. The zero-order valence-electron chi connectivity index (χ0n) is 14.8. The van der Waals surface area contributed by atoms with Crippen molar-refractivity contribution in [2.75, 3.05) is 0 Å². The number of carbonyl (C=O) groups excluding carboxylic acids is 1. The van der Waals surface area contributed by atoms with Crippen molar-refractivity contribution in [3.63, 3.8) is 0 Å². The van der Waals surface area contributed by atoms with Crippen molar-refractivity contribution in [3.8, 4) is 0 Å². The predicted molar refractivity (Wildman–Crippen MR) is 91.4 cm³/mol. The van der Waals surface area contributed by atoms with Crippen molar-refractivity contribution >= 4 is 12.0 Å². The summed E-state index contributed by atoms with van der Waals surface area (Å²) in [5.41, 5.74) is 2.15. The third kappa shape index (κ3) is 4.98. The Hall–Kier alpha value is -2.04. The number of nitrogens with one attached hydrogen (secondary N) is 1. The van der Waals surface area contributed by atoms with E-state index in [1.807, 2.05) is 52.0 Å². The van der Waals surface area contributed by atoms with Gasteiger partial charge >= 0.3 is 6.09 Å². The molecule has 0 aromatic heterocycles. The fraction of sp³-hybridized carbons (Fsp3) is 0.556. The van der Waals surface area contributed by atoms with Crippen molar-refractivity contribution in [1.29, 1.82) is 0 Å². The highest BCUT2D eigenvalue weighted by molar-refractivity contribution is 5.86. The van der Waals surface area contributed by atoms with Crippen molar-refractivity contribution < 1.29 is 14.7 Å². The van der Waals surface area contributed by atoms with E-state index in [0.29, 0.717) is 0 Å². The highest BCUT2D eigenvalue weighted by atomic mass is 16.4. The highest BCUT2D eigenvalue weighted by Gasteiger charge is 2.34. The number of carbonyl (C=O) groups is 2. The average Bonchev–Trinajstić information content (AvgIpc) is 2.43. The minimum atomic E-state index is -1.07. The van der Waals surface area contributed by atoms with Crippen LogP contribution in [0, 0.1) is 12.8 Å². The molecule has 1 unspecified atom stereocenters. The number of hydrogen-bond donors (Lipinski definition) is 2. The Labute approximate surface area is 138 Å². The first-order valence-electron chi connectivity index (χ1n) is 8.03. The molecule has 1 aromatic rings. The van der Waals surface area contributed by atoms with Gasteiger partial charge in [-0.15, -0.1) is 0 Å². The van der Waals surface area contributed by atoms with E-state index < -0.39 is 12.1 Å². The molecule has 0 radical (unpaired) electrons. The summed E-state index contributed by atoms with van der Waals surface area (Å²) in [7, 11) is 0. The number of amides is 2. The fourth-order valence-corrected chi connectivity index (χ4v) is 2.65. The zero-order valence-corrected chi connectivity index (χ0v) is 14.8. The Morgan fingerprint density at radius 1 is 1.04 bits per heavy atom. The predicted octanol–water partition coefficient (Wildman–Crippen LogP) is 3.59. The Bertz CT molecular complexity index is 538. The van der Waals surface area contributed by atoms with E-state index >= 15 is 0 Å². The quantitative estimate of drug-likeness (QED) is 0.841. The minimum absolute atomic E-state index is 0.112. The van der Waals surface area contributed by atoms with E-state index in [-0.39, 0.29) is 23.9 Å². The van der Waals surface area contributed by atoms with Crippen molar-refractivity contribution in [3.05, 3.63) is 35.4 Å². The number of carboxylic acid groups (broad SMARTS) is 1. The lowest BCUT2D eigenvalue weighted by atomic mass is 9.99. The molecule has 0 aliphatic carbocycles. The van der Waals surface area contributed by atoms with Gasteiger partial charge in [0.2, 0.25) is 5.91 Å². The Balaban J connectivity index is 2.93. The molecule has 2 amide bonds. The number of benzene rings is 1. The van der Waals surface area contributed by atoms with Crippen LogP contribution in [-0.2, 0) is 4.79 Å². The topological polar surface area (TPSA) is 69.6 Å². The van der Waals surface area contributed by atoms with Crippen molar-refractivity contribution in [2.24, 2.45) is 5.92 Å². The summed E-state index contributed by atoms with van der Waals surface area (Å²) in [4.78, 5) is 25.4. The lowest BCUT2D eigenvalue weighted by Crippen LogP contribution is -2.54. The second-order valence-electron chi connectivity index (χ2n) is 6.61. The first-order valence-corrected chi connectivity index (χ1v) is 8.03. The molecule has 0 heterocycles. The van der Waals surface area contributed by atoms with Gasteiger partial charge in [-0.05, 0) is 39.2 Å². The largest absolute Gasteiger partial charge is 0.465 e. The number of nitrogens with zero attached hydrogens (tertiary/aromatic N) is 1. The maximum atomic E-state index is 12.7. The van der Waals surface area contributed by atoms with Gasteiger partial charge in [-0.2, -0.15) is 0 Å². The molecule has 0 saturated heterocycles. The molecule has 1 aromatic carbocycles. The standard InChI is InChI=1S/C18H28N2O3/c1-11(2)16(20(12(3)4)18(22)23)17(21)19-14(6)15-9-7-13(5)8-10-15/h7-12,14,16H,1-6H3,(H,19,21)(H,22,23)/t14-,16?/m0/s1. The molecule has 0 fully saturated rings. The van der Waals surface area contributed by atoms with E-state index in [1.54, 1.807) is 13.8 Å². The van der Waals surface area contributed by atoms with Crippen LogP contribution in [0.5, 0.6) is 0 Å². The van der Waals surface area contributed by atoms with Crippen LogP contribution in [0.25, 0.3) is 0 Å². The smallest absolute Gasteiger partial charge is 0.408 e. The van der Waals surface area contributed by atoms with Crippen LogP contribution in [0.3, 0.4) is 0 Å². The van der Waals surface area contributed by atoms with Crippen LogP contribution in [0.15, 0.2) is 24.3 Å². The van der Waals surface area contributed by atoms with Crippen molar-refractivity contribution in [1.82, 2.24) is 10.2 Å². The molecule has 0 bridgehead atoms. The van der Waals surface area contributed by atoms with E-state index in [1.165, 1.54) is 4.90 Å². The monoisotopic (exact) mass is 320 g/mol. The highest BCUT2D eigenvalue weighted by Crippen LogP contribution is 2.18. The summed E-state index contributed by atoms with van der Waals surface area (Å²) in [6.07, 6.45) is -1.07. The second kappa shape index (κ2) is 7.99. The minimum Gasteiger partial charge on any atom is -0.465 e. The molecular formula is C18H28N2O3. The van der Waals surface area contributed by atoms with Gasteiger partial charge in [0.1, 0.15) is 6.04 Å². The molecule has 5 nitrogen and oxygen atoms in total. The SMILES string of the molecule is Cc1ccc([C@H](C)NC(=O)C(C(C)C)N(C(=O)O)C(C)C)cc1. The lowest BCUT2D eigenvalue weighted by molar-refractivity contribution is -0.128. The van der Waals surface area contributed by atoms with Crippen LogP contribution < -0.4 is 5.32 Å². The van der Waals surface area contributed by atoms with Crippen molar-refractivity contribution in [2.45, 2.75) is 59.7 Å². The maximum Gasteiger partial charge on any atom is 0.408 e. The van der Waals surface area contributed by atoms with Gasteiger partial charge in [0.25, 0.3) is 0 Å². The zero-order chi connectivity index (χ0) is 17.7. The summed E-state index contributed by atoms with van der Waals surface area (Å²) in [6, 6.07) is 6.79. The first kappa shape index (κ1) is 19.0. The van der Waals surface area contributed by atoms with Crippen LogP contribution in [-0.4, -0.2) is 34.1 Å². The second-order valence-corrected chi connectivity index (χ2v) is 6.61. The number of rotatable bonds is 6. The Morgan fingerprint density at radius 2 is 1.57 bits per heavy atom. The van der Waals surface area contributed by atoms with Gasteiger partial charge in [0, 0.05) is 6.04 Å². The van der Waals surface area contributed by atoms with E-state index in [9.17, 15) is 14.7 Å². The van der Waals surface area contributed by atoms with Gasteiger partial charge in [-0.25, -0.2) is 4.79 Å². The third-order valence-electron chi connectivity index (χ3n) is 3.91. The van der Waals surface area contributed by atoms with Gasteiger partial charge in [-0.1, -0.05) is 43.7 Å². The Morgan fingerprint density at radius 3 is 1.96 bits per heavy atom. The molecule has 5 heteroatoms. The number of hydrogen-bond acceptors (Lipinski definition) is 2. The van der Waals surface area contributed by atoms with Gasteiger partial charge in [0.05, 0.1) is 6.04 Å². The van der Waals surface area contributed by atoms with Gasteiger partial charge < -0.3 is 10.4 Å². The molecular weight excluding hydrogens is 292 g/mol. The van der Waals surface area contributed by atoms with E-state index in [2.05, 4.69) is 5.32 Å². The van der Waals surface area contributed by atoms with Crippen LogP contribution in [0.1, 0.15) is 51.8 Å². The van der Waals surface area contributed by atoms with Crippen LogP contribution in [0.4, 0.5) is 4.79 Å². The normalized spacial score (nSPS) is 13.7. The van der Waals surface area contributed by atoms with E-state index in [4.69, 9.17) is 0 Å². The molecule has 2 atom stereocenters. The molecule has 0 aliphatic rings. The van der Waals surface area contributed by atoms with E-state index in [0.717, 1.165) is 11.1 Å². The summed E-state index contributed by atoms with van der Waals surface area (Å²) < 4.78 is 0. The average molecular weight is 320 g/mol. The maximum absolute atomic E-state index is 12.7. The molecule has 0 spiro atoms. The first-order chi connectivity index (χ1) is 10.6. The van der Waals surface area contributed by atoms with Crippen LogP contribution >= 0.6 is 0 Å². The third-order valence-corrected chi connectivity index (χ3v) is 3.91. The molecule has 0 saturated carbocycles. The Kier molecular flexibility index (Phi) is 6.61. The summed E-state index contributed by atoms with van der Waals surface area (Å²) in [5, 5.41) is 12.4. The van der Waals surface area contributed by atoms with Crippen LogP contribution in [0.2, 0.25) is 0 Å². The molecule has 128 valence electrons. The summed E-state index contributed by atoms with van der Waals surface area (Å²) in [5.74, 6) is -0.372. The lowest BCUT2D eigenvalue weighted by Gasteiger charge is -2.34. The molecule has 1 rings (SSSR count). The van der Waals surface area contributed by atoms with Gasteiger partial charge in [0.15, 0.2) is 0 Å². The van der Waals surface area contributed by atoms with Gasteiger partial charge in [-0.3, -0.25) is 9.69 Å². The molecule has 23 heavy (non-hydrogen) atoms. The number of aryl methyl sites for hydroxylation is 1.